The molecule has 0 aromatic carbocycles. The molecular formula is C17H21N5O2. The highest BCUT2D eigenvalue weighted by atomic mass is 16.5. The summed E-state index contributed by atoms with van der Waals surface area (Å²) in [6.07, 6.45) is 8.10. The average molecular weight is 327 g/mol. The van der Waals surface area contributed by atoms with Gasteiger partial charge in [-0.3, -0.25) is 9.78 Å². The first-order chi connectivity index (χ1) is 11.6. The van der Waals surface area contributed by atoms with Crippen molar-refractivity contribution in [1.82, 2.24) is 19.9 Å². The number of likely N-dealkylation sites (N-methyl/N-ethyl adjacent to an activating group) is 1. The molecule has 126 valence electrons. The van der Waals surface area contributed by atoms with E-state index in [0.717, 1.165) is 36.6 Å². The number of hydrogen-bond donors (Lipinski definition) is 0. The van der Waals surface area contributed by atoms with Crippen molar-refractivity contribution in [2.75, 3.05) is 32.1 Å². The summed E-state index contributed by atoms with van der Waals surface area (Å²) in [5.41, 5.74) is 3.47. The largest absolute Gasteiger partial charge is 0.367 e. The van der Waals surface area contributed by atoms with E-state index in [-0.39, 0.29) is 12.5 Å². The van der Waals surface area contributed by atoms with Gasteiger partial charge < -0.3 is 14.5 Å². The molecular weight excluding hydrogens is 306 g/mol. The van der Waals surface area contributed by atoms with Crippen molar-refractivity contribution >= 4 is 11.9 Å². The van der Waals surface area contributed by atoms with E-state index >= 15 is 0 Å². The van der Waals surface area contributed by atoms with Crippen LogP contribution in [0.15, 0.2) is 30.9 Å². The Kier molecular flexibility index (Phi) is 5.00. The van der Waals surface area contributed by atoms with Crippen molar-refractivity contribution in [3.05, 3.63) is 47.5 Å². The van der Waals surface area contributed by atoms with Gasteiger partial charge in [-0.05, 0) is 29.2 Å². The molecule has 0 spiro atoms. The standard InChI is InChI=1S/C17H21N5O2/c1-21(2)16(23)12-24-11-14-9-18-8-13-10-22(7-4-15(13)14)17-19-5-3-6-20-17/h3,5-6,8-9H,4,7,10-12H2,1-2H3. The number of fused-ring (bicyclic) bond motifs is 1. The highest BCUT2D eigenvalue weighted by Gasteiger charge is 2.21. The summed E-state index contributed by atoms with van der Waals surface area (Å²) in [5, 5.41) is 0. The minimum absolute atomic E-state index is 0.0415. The Morgan fingerprint density at radius 3 is 2.83 bits per heavy atom. The molecule has 0 fully saturated rings. The predicted molar refractivity (Wildman–Crippen MR) is 89.4 cm³/mol. The fourth-order valence-electron chi connectivity index (χ4n) is 2.70. The minimum Gasteiger partial charge on any atom is -0.367 e. The van der Waals surface area contributed by atoms with E-state index in [0.29, 0.717) is 6.61 Å². The molecule has 0 bridgehead atoms. The van der Waals surface area contributed by atoms with Crippen molar-refractivity contribution in [3.8, 4) is 0 Å². The summed E-state index contributed by atoms with van der Waals surface area (Å²) in [6, 6.07) is 1.81. The Labute approximate surface area is 141 Å². The van der Waals surface area contributed by atoms with Crippen molar-refractivity contribution < 1.29 is 9.53 Å². The number of nitrogens with zero attached hydrogens (tertiary/aromatic N) is 5. The predicted octanol–water partition coefficient (Wildman–Crippen LogP) is 1.04. The Hall–Kier alpha value is -2.54. The fourth-order valence-corrected chi connectivity index (χ4v) is 2.70. The van der Waals surface area contributed by atoms with E-state index < -0.39 is 0 Å². The van der Waals surface area contributed by atoms with Gasteiger partial charge in [0.05, 0.1) is 6.61 Å². The van der Waals surface area contributed by atoms with Crippen LogP contribution in [0.4, 0.5) is 5.95 Å². The summed E-state index contributed by atoms with van der Waals surface area (Å²) in [6.45, 7) is 2.07. The van der Waals surface area contributed by atoms with E-state index in [1.165, 1.54) is 10.5 Å². The van der Waals surface area contributed by atoms with Crippen LogP contribution in [0.5, 0.6) is 0 Å². The molecule has 2 aromatic heterocycles. The lowest BCUT2D eigenvalue weighted by Gasteiger charge is -2.29. The molecule has 1 amide bonds. The molecule has 0 N–H and O–H groups in total. The molecule has 0 aliphatic carbocycles. The zero-order valence-electron chi connectivity index (χ0n) is 14.0. The van der Waals surface area contributed by atoms with Gasteiger partial charge in [-0.1, -0.05) is 0 Å². The molecule has 1 aliphatic rings. The maximum atomic E-state index is 11.6. The van der Waals surface area contributed by atoms with Crippen LogP contribution in [0.1, 0.15) is 16.7 Å². The van der Waals surface area contributed by atoms with Crippen molar-refractivity contribution in [2.24, 2.45) is 0 Å². The van der Waals surface area contributed by atoms with Crippen LogP contribution >= 0.6 is 0 Å². The third kappa shape index (κ3) is 3.68. The molecule has 0 radical (unpaired) electrons. The zero-order valence-corrected chi connectivity index (χ0v) is 14.0. The van der Waals surface area contributed by atoms with Crippen LogP contribution in [0, 0.1) is 0 Å². The van der Waals surface area contributed by atoms with Crippen molar-refractivity contribution in [1.29, 1.82) is 0 Å². The van der Waals surface area contributed by atoms with Crippen LogP contribution < -0.4 is 4.90 Å². The van der Waals surface area contributed by atoms with E-state index in [1.807, 2.05) is 18.5 Å². The zero-order chi connectivity index (χ0) is 16.9. The van der Waals surface area contributed by atoms with Gasteiger partial charge >= 0.3 is 0 Å². The number of carbonyl (C=O) groups is 1. The maximum Gasteiger partial charge on any atom is 0.248 e. The summed E-state index contributed by atoms with van der Waals surface area (Å²) in [4.78, 5) is 28.2. The first kappa shape index (κ1) is 16.3. The van der Waals surface area contributed by atoms with Crippen LogP contribution in [0.2, 0.25) is 0 Å². The highest BCUT2D eigenvalue weighted by Crippen LogP contribution is 2.24. The molecule has 7 nitrogen and oxygen atoms in total. The van der Waals surface area contributed by atoms with Gasteiger partial charge in [0.2, 0.25) is 11.9 Å². The quantitative estimate of drug-likeness (QED) is 0.817. The summed E-state index contributed by atoms with van der Waals surface area (Å²) in [7, 11) is 3.44. The topological polar surface area (TPSA) is 71.5 Å². The van der Waals surface area contributed by atoms with Gasteiger partial charge in [0.25, 0.3) is 0 Å². The second-order valence-corrected chi connectivity index (χ2v) is 5.94. The number of pyridine rings is 1. The maximum absolute atomic E-state index is 11.6. The van der Waals surface area contributed by atoms with E-state index in [9.17, 15) is 4.79 Å². The van der Waals surface area contributed by atoms with Gasteiger partial charge in [-0.15, -0.1) is 0 Å². The molecule has 0 unspecified atom stereocenters. The molecule has 24 heavy (non-hydrogen) atoms. The van der Waals surface area contributed by atoms with Crippen LogP contribution in [0.25, 0.3) is 0 Å². The Morgan fingerprint density at radius 1 is 1.29 bits per heavy atom. The Balaban J connectivity index is 1.67. The molecule has 0 saturated carbocycles. The number of hydrogen-bond acceptors (Lipinski definition) is 6. The number of aromatic nitrogens is 3. The molecule has 3 rings (SSSR count). The van der Waals surface area contributed by atoms with E-state index in [2.05, 4.69) is 19.9 Å². The summed E-state index contributed by atoms with van der Waals surface area (Å²) in [5.74, 6) is 0.696. The van der Waals surface area contributed by atoms with E-state index in [4.69, 9.17) is 4.74 Å². The lowest BCUT2D eigenvalue weighted by molar-refractivity contribution is -0.133. The first-order valence-corrected chi connectivity index (χ1v) is 7.89. The normalized spacial score (nSPS) is 13.5. The summed E-state index contributed by atoms with van der Waals surface area (Å²) < 4.78 is 5.55. The third-order valence-electron chi connectivity index (χ3n) is 4.05. The Bertz CT molecular complexity index is 705. The van der Waals surface area contributed by atoms with Gasteiger partial charge in [-0.2, -0.15) is 0 Å². The monoisotopic (exact) mass is 327 g/mol. The SMILES string of the molecule is CN(C)C(=O)COCc1cncc2c1CCN(c1ncccn1)C2. The van der Waals surface area contributed by atoms with Crippen LogP contribution in [-0.4, -0.2) is 53.0 Å². The van der Waals surface area contributed by atoms with Crippen LogP contribution in [0.3, 0.4) is 0 Å². The lowest BCUT2D eigenvalue weighted by atomic mass is 9.98. The lowest BCUT2D eigenvalue weighted by Crippen LogP contribution is -2.32. The molecule has 7 heteroatoms. The second-order valence-electron chi connectivity index (χ2n) is 5.94. The summed E-state index contributed by atoms with van der Waals surface area (Å²) >= 11 is 0. The minimum atomic E-state index is -0.0415. The highest BCUT2D eigenvalue weighted by molar-refractivity contribution is 5.76. The van der Waals surface area contributed by atoms with Crippen LogP contribution in [-0.2, 0) is 29.1 Å². The number of carbonyl (C=O) groups excluding carboxylic acids is 1. The number of rotatable bonds is 5. The van der Waals surface area contributed by atoms with Crippen molar-refractivity contribution in [2.45, 2.75) is 19.6 Å². The van der Waals surface area contributed by atoms with E-state index in [1.54, 1.807) is 26.5 Å². The number of amides is 1. The molecule has 0 saturated heterocycles. The molecule has 3 heterocycles. The van der Waals surface area contributed by atoms with Gasteiger partial charge in [0.1, 0.15) is 6.61 Å². The number of anilines is 1. The van der Waals surface area contributed by atoms with Gasteiger partial charge in [0, 0.05) is 52.0 Å². The molecule has 2 aromatic rings. The third-order valence-corrected chi connectivity index (χ3v) is 4.05. The Morgan fingerprint density at radius 2 is 2.08 bits per heavy atom. The average Bonchev–Trinajstić information content (AvgIpc) is 2.62. The number of ether oxygens (including phenoxy) is 1. The second kappa shape index (κ2) is 7.35. The van der Waals surface area contributed by atoms with Crippen molar-refractivity contribution in [3.63, 3.8) is 0 Å². The molecule has 1 aliphatic heterocycles. The van der Waals surface area contributed by atoms with Gasteiger partial charge in [-0.25, -0.2) is 9.97 Å². The fraction of sp³-hybridized carbons (Fsp3) is 0.412. The smallest absolute Gasteiger partial charge is 0.248 e. The molecule has 0 atom stereocenters. The first-order valence-electron chi connectivity index (χ1n) is 7.89. The van der Waals surface area contributed by atoms with Gasteiger partial charge in [0.15, 0.2) is 0 Å².